The molecule has 0 spiro atoms. The predicted molar refractivity (Wildman–Crippen MR) is 69.5 cm³/mol. The summed E-state index contributed by atoms with van der Waals surface area (Å²) in [5.41, 5.74) is 0.898. The van der Waals surface area contributed by atoms with E-state index in [0.29, 0.717) is 22.6 Å². The van der Waals surface area contributed by atoms with Crippen LogP contribution in [-0.2, 0) is 0 Å². The third kappa shape index (κ3) is 2.58. The van der Waals surface area contributed by atoms with Crippen molar-refractivity contribution >= 4 is 11.6 Å². The van der Waals surface area contributed by atoms with Gasteiger partial charge in [-0.2, -0.15) is 0 Å². The Morgan fingerprint density at radius 2 is 2.18 bits per heavy atom. The third-order valence-corrected chi connectivity index (χ3v) is 4.15. The summed E-state index contributed by atoms with van der Waals surface area (Å²) in [5.74, 6) is 1.60. The van der Waals surface area contributed by atoms with E-state index in [-0.39, 0.29) is 0 Å². The molecule has 1 aliphatic carbocycles. The molecule has 0 heterocycles. The number of hydrogen-bond acceptors (Lipinski definition) is 2. The van der Waals surface area contributed by atoms with E-state index in [1.807, 2.05) is 18.2 Å². The highest BCUT2D eigenvalue weighted by atomic mass is 35.5. The highest BCUT2D eigenvalue weighted by molar-refractivity contribution is 6.32. The van der Waals surface area contributed by atoms with Crippen LogP contribution in [-0.4, -0.2) is 12.2 Å². The van der Waals surface area contributed by atoms with Gasteiger partial charge >= 0.3 is 0 Å². The molecule has 3 atom stereocenters. The van der Waals surface area contributed by atoms with E-state index >= 15 is 0 Å². The first-order chi connectivity index (χ1) is 8.13. The van der Waals surface area contributed by atoms with E-state index in [1.165, 1.54) is 12.8 Å². The normalized spacial score (nSPS) is 25.9. The van der Waals surface area contributed by atoms with Crippen LogP contribution in [0.15, 0.2) is 18.2 Å². The summed E-state index contributed by atoms with van der Waals surface area (Å²) in [6.07, 6.45) is 3.13. The number of aliphatic hydroxyl groups is 1. The van der Waals surface area contributed by atoms with Crippen LogP contribution in [0.4, 0.5) is 0 Å². The maximum absolute atomic E-state index is 10.4. The molecule has 0 bridgehead atoms. The molecular formula is C14H19ClO2. The molecule has 2 nitrogen and oxygen atoms in total. The van der Waals surface area contributed by atoms with Crippen LogP contribution in [0, 0.1) is 11.8 Å². The summed E-state index contributed by atoms with van der Waals surface area (Å²) in [7, 11) is 1.59. The molecule has 1 N–H and O–H groups in total. The molecule has 1 aromatic carbocycles. The second-order valence-electron chi connectivity index (χ2n) is 4.91. The minimum absolute atomic E-state index is 0.361. The van der Waals surface area contributed by atoms with Crippen LogP contribution in [0.5, 0.6) is 5.75 Å². The Kier molecular flexibility index (Phi) is 3.95. The highest BCUT2D eigenvalue weighted by Gasteiger charge is 2.30. The van der Waals surface area contributed by atoms with Gasteiger partial charge in [-0.05, 0) is 36.0 Å². The molecule has 3 heteroatoms. The van der Waals surface area contributed by atoms with Gasteiger partial charge in [0.1, 0.15) is 5.75 Å². The lowest BCUT2D eigenvalue weighted by Gasteiger charge is -2.23. The predicted octanol–water partition coefficient (Wildman–Crippen LogP) is 3.82. The number of hydrogen-bond donors (Lipinski definition) is 1. The lowest BCUT2D eigenvalue weighted by Crippen LogP contribution is -2.15. The number of rotatable bonds is 3. The lowest BCUT2D eigenvalue weighted by atomic mass is 9.88. The quantitative estimate of drug-likeness (QED) is 0.889. The zero-order valence-corrected chi connectivity index (χ0v) is 11.1. The molecule has 0 aromatic heterocycles. The van der Waals surface area contributed by atoms with E-state index in [1.54, 1.807) is 7.11 Å². The Morgan fingerprint density at radius 1 is 1.41 bits per heavy atom. The maximum atomic E-state index is 10.4. The summed E-state index contributed by atoms with van der Waals surface area (Å²) in [5, 5.41) is 10.9. The number of benzene rings is 1. The molecule has 1 fully saturated rings. The largest absolute Gasteiger partial charge is 0.495 e. The molecule has 2 rings (SSSR count). The van der Waals surface area contributed by atoms with E-state index < -0.39 is 6.10 Å². The van der Waals surface area contributed by atoms with Crippen molar-refractivity contribution in [3.8, 4) is 5.75 Å². The average Bonchev–Trinajstić information content (AvgIpc) is 2.74. The van der Waals surface area contributed by atoms with Crippen LogP contribution in [0.1, 0.15) is 37.9 Å². The third-order valence-electron chi connectivity index (χ3n) is 3.85. The summed E-state index contributed by atoms with van der Waals surface area (Å²) < 4.78 is 5.11. The van der Waals surface area contributed by atoms with E-state index in [9.17, 15) is 5.11 Å². The molecule has 17 heavy (non-hydrogen) atoms. The Bertz CT molecular complexity index is 392. The first kappa shape index (κ1) is 12.7. The van der Waals surface area contributed by atoms with Gasteiger partial charge in [-0.1, -0.05) is 37.4 Å². The minimum Gasteiger partial charge on any atom is -0.495 e. The fourth-order valence-corrected chi connectivity index (χ4v) is 3.02. The smallest absolute Gasteiger partial charge is 0.137 e. The van der Waals surface area contributed by atoms with Gasteiger partial charge < -0.3 is 9.84 Å². The van der Waals surface area contributed by atoms with Crippen molar-refractivity contribution in [1.29, 1.82) is 0 Å². The molecular weight excluding hydrogens is 236 g/mol. The SMILES string of the molecule is COc1ccc(C(O)C2CCCC2C)cc1Cl. The molecule has 3 unspecified atom stereocenters. The fraction of sp³-hybridized carbons (Fsp3) is 0.571. The standard InChI is InChI=1S/C14H19ClO2/c1-9-4-3-5-11(9)14(16)10-6-7-13(17-2)12(15)8-10/h6-9,11,14,16H,3-5H2,1-2H3. The fourth-order valence-electron chi connectivity index (χ4n) is 2.76. The lowest BCUT2D eigenvalue weighted by molar-refractivity contribution is 0.0900. The summed E-state index contributed by atoms with van der Waals surface area (Å²) in [4.78, 5) is 0. The Labute approximate surface area is 108 Å². The van der Waals surface area contributed by atoms with Crippen molar-refractivity contribution in [3.63, 3.8) is 0 Å². The van der Waals surface area contributed by atoms with E-state index in [0.717, 1.165) is 12.0 Å². The van der Waals surface area contributed by atoms with Crippen LogP contribution in [0.3, 0.4) is 0 Å². The monoisotopic (exact) mass is 254 g/mol. The van der Waals surface area contributed by atoms with E-state index in [2.05, 4.69) is 6.92 Å². The summed E-state index contributed by atoms with van der Waals surface area (Å²) in [6.45, 7) is 2.21. The number of aliphatic hydroxyl groups excluding tert-OH is 1. The van der Waals surface area contributed by atoms with Crippen LogP contribution < -0.4 is 4.74 Å². The number of ether oxygens (including phenoxy) is 1. The molecule has 0 amide bonds. The van der Waals surface area contributed by atoms with Crippen molar-refractivity contribution in [2.75, 3.05) is 7.11 Å². The minimum atomic E-state index is -0.407. The zero-order chi connectivity index (χ0) is 12.4. The van der Waals surface area contributed by atoms with Gasteiger partial charge in [0.25, 0.3) is 0 Å². The first-order valence-corrected chi connectivity index (χ1v) is 6.52. The molecule has 1 aliphatic rings. The first-order valence-electron chi connectivity index (χ1n) is 6.15. The van der Waals surface area contributed by atoms with Crippen LogP contribution in [0.2, 0.25) is 5.02 Å². The van der Waals surface area contributed by atoms with E-state index in [4.69, 9.17) is 16.3 Å². The average molecular weight is 255 g/mol. The molecule has 1 aromatic rings. The molecule has 94 valence electrons. The maximum Gasteiger partial charge on any atom is 0.137 e. The Morgan fingerprint density at radius 3 is 2.71 bits per heavy atom. The Balaban J connectivity index is 2.19. The van der Waals surface area contributed by atoms with Crippen molar-refractivity contribution < 1.29 is 9.84 Å². The second kappa shape index (κ2) is 5.28. The van der Waals surface area contributed by atoms with Crippen LogP contribution in [0.25, 0.3) is 0 Å². The van der Waals surface area contributed by atoms with Gasteiger partial charge in [0.05, 0.1) is 18.2 Å². The summed E-state index contributed by atoms with van der Waals surface area (Å²) >= 11 is 6.08. The topological polar surface area (TPSA) is 29.5 Å². The molecule has 1 saturated carbocycles. The van der Waals surface area contributed by atoms with Gasteiger partial charge in [0.2, 0.25) is 0 Å². The van der Waals surface area contributed by atoms with Crippen molar-refractivity contribution in [3.05, 3.63) is 28.8 Å². The van der Waals surface area contributed by atoms with Crippen molar-refractivity contribution in [1.82, 2.24) is 0 Å². The number of halogens is 1. The number of methoxy groups -OCH3 is 1. The Hall–Kier alpha value is -0.730. The highest BCUT2D eigenvalue weighted by Crippen LogP contribution is 2.41. The zero-order valence-electron chi connectivity index (χ0n) is 10.3. The van der Waals surface area contributed by atoms with Gasteiger partial charge in [0, 0.05) is 0 Å². The molecule has 0 aliphatic heterocycles. The molecule has 0 saturated heterocycles. The molecule has 0 radical (unpaired) electrons. The van der Waals surface area contributed by atoms with Gasteiger partial charge in [-0.3, -0.25) is 0 Å². The van der Waals surface area contributed by atoms with Gasteiger partial charge in [0.15, 0.2) is 0 Å². The van der Waals surface area contributed by atoms with Crippen molar-refractivity contribution in [2.45, 2.75) is 32.3 Å². The van der Waals surface area contributed by atoms with Crippen LogP contribution >= 0.6 is 11.6 Å². The summed E-state index contributed by atoms with van der Waals surface area (Å²) in [6, 6.07) is 5.54. The van der Waals surface area contributed by atoms with Gasteiger partial charge in [-0.25, -0.2) is 0 Å². The van der Waals surface area contributed by atoms with Crippen molar-refractivity contribution in [2.24, 2.45) is 11.8 Å². The van der Waals surface area contributed by atoms with Gasteiger partial charge in [-0.15, -0.1) is 0 Å². The second-order valence-corrected chi connectivity index (χ2v) is 5.32.